The van der Waals surface area contributed by atoms with Gasteiger partial charge in [-0.1, -0.05) is 46.6 Å². The molecule has 0 unspecified atom stereocenters. The van der Waals surface area contributed by atoms with Crippen LogP contribution >= 0.6 is 27.5 Å². The van der Waals surface area contributed by atoms with Gasteiger partial charge in [0.1, 0.15) is 0 Å². The van der Waals surface area contributed by atoms with Crippen LogP contribution in [0.2, 0.25) is 5.02 Å². The van der Waals surface area contributed by atoms with Gasteiger partial charge >= 0.3 is 0 Å². The standard InChI is InChI=1S/C18H16BrClN4O/c1-11(2)17-16(18(25)21-14-7-3-12(19)4-8-14)22-23-24(17)15-9-5-13(20)6-10-15/h3-11H,1-2H3,(H,21,25). The minimum Gasteiger partial charge on any atom is -0.321 e. The summed E-state index contributed by atoms with van der Waals surface area (Å²) >= 11 is 9.32. The Labute approximate surface area is 159 Å². The predicted molar refractivity (Wildman–Crippen MR) is 103 cm³/mol. The van der Waals surface area contributed by atoms with Crippen LogP contribution in [-0.4, -0.2) is 20.9 Å². The van der Waals surface area contributed by atoms with E-state index >= 15 is 0 Å². The molecule has 0 atom stereocenters. The fourth-order valence-corrected chi connectivity index (χ4v) is 2.86. The van der Waals surface area contributed by atoms with Crippen LogP contribution in [0.15, 0.2) is 53.0 Å². The second-order valence-electron chi connectivity index (χ2n) is 5.83. The Hall–Kier alpha value is -2.18. The second kappa shape index (κ2) is 7.37. The number of carbonyl (C=O) groups is 1. The number of amides is 1. The second-order valence-corrected chi connectivity index (χ2v) is 7.18. The quantitative estimate of drug-likeness (QED) is 0.643. The van der Waals surface area contributed by atoms with Crippen molar-refractivity contribution in [3.05, 3.63) is 69.4 Å². The Balaban J connectivity index is 1.94. The molecule has 0 aliphatic heterocycles. The van der Waals surface area contributed by atoms with Gasteiger partial charge in [0.05, 0.1) is 11.4 Å². The number of halogens is 2. The first-order chi connectivity index (χ1) is 12.0. The lowest BCUT2D eigenvalue weighted by molar-refractivity contribution is 0.102. The number of nitrogens with one attached hydrogen (secondary N) is 1. The summed E-state index contributed by atoms with van der Waals surface area (Å²) in [5.41, 5.74) is 2.57. The van der Waals surface area contributed by atoms with Crippen molar-refractivity contribution in [2.24, 2.45) is 0 Å². The van der Waals surface area contributed by atoms with Gasteiger partial charge in [-0.15, -0.1) is 5.10 Å². The fraction of sp³-hybridized carbons (Fsp3) is 0.167. The molecular weight excluding hydrogens is 404 g/mol. The van der Waals surface area contributed by atoms with Crippen molar-refractivity contribution < 1.29 is 4.79 Å². The largest absolute Gasteiger partial charge is 0.321 e. The Kier molecular flexibility index (Phi) is 5.20. The van der Waals surface area contributed by atoms with Gasteiger partial charge in [0.25, 0.3) is 5.91 Å². The van der Waals surface area contributed by atoms with Gasteiger partial charge in [-0.3, -0.25) is 4.79 Å². The molecule has 2 aromatic carbocycles. The van der Waals surface area contributed by atoms with Crippen molar-refractivity contribution in [3.63, 3.8) is 0 Å². The van der Waals surface area contributed by atoms with E-state index in [1.807, 2.05) is 50.2 Å². The predicted octanol–water partition coefficient (Wildman–Crippen LogP) is 5.06. The van der Waals surface area contributed by atoms with Gasteiger partial charge in [-0.2, -0.15) is 0 Å². The van der Waals surface area contributed by atoms with E-state index in [1.165, 1.54) is 0 Å². The smallest absolute Gasteiger partial charge is 0.278 e. The van der Waals surface area contributed by atoms with Gasteiger partial charge in [-0.25, -0.2) is 4.68 Å². The summed E-state index contributed by atoms with van der Waals surface area (Å²) in [6.45, 7) is 4.00. The normalized spacial score (nSPS) is 10.9. The Morgan fingerprint density at radius 2 is 1.76 bits per heavy atom. The van der Waals surface area contributed by atoms with Gasteiger partial charge in [0, 0.05) is 15.2 Å². The number of aromatic nitrogens is 3. The Morgan fingerprint density at radius 3 is 2.36 bits per heavy atom. The highest BCUT2D eigenvalue weighted by Gasteiger charge is 2.23. The molecule has 0 spiro atoms. The summed E-state index contributed by atoms with van der Waals surface area (Å²) < 4.78 is 2.62. The van der Waals surface area contributed by atoms with Crippen molar-refractivity contribution in [1.82, 2.24) is 15.0 Å². The van der Waals surface area contributed by atoms with Crippen molar-refractivity contribution >= 4 is 39.1 Å². The third-order valence-corrected chi connectivity index (χ3v) is 4.42. The summed E-state index contributed by atoms with van der Waals surface area (Å²) in [6, 6.07) is 14.6. The lowest BCUT2D eigenvalue weighted by atomic mass is 10.1. The molecular formula is C18H16BrClN4O. The van der Waals surface area contributed by atoms with E-state index in [1.54, 1.807) is 16.8 Å². The number of nitrogens with zero attached hydrogens (tertiary/aromatic N) is 3. The maximum Gasteiger partial charge on any atom is 0.278 e. The minimum absolute atomic E-state index is 0.0661. The van der Waals surface area contributed by atoms with Crippen molar-refractivity contribution in [3.8, 4) is 5.69 Å². The first-order valence-electron chi connectivity index (χ1n) is 7.74. The van der Waals surface area contributed by atoms with E-state index in [0.717, 1.165) is 15.9 Å². The molecule has 0 bridgehead atoms. The molecule has 3 aromatic rings. The molecule has 0 aliphatic rings. The first-order valence-corrected chi connectivity index (χ1v) is 8.91. The Bertz CT molecular complexity index is 888. The SMILES string of the molecule is CC(C)c1c(C(=O)Nc2ccc(Br)cc2)nnn1-c1ccc(Cl)cc1. The highest BCUT2D eigenvalue weighted by molar-refractivity contribution is 9.10. The monoisotopic (exact) mass is 418 g/mol. The molecule has 1 amide bonds. The van der Waals surface area contributed by atoms with Gasteiger partial charge < -0.3 is 5.32 Å². The zero-order chi connectivity index (χ0) is 18.0. The van der Waals surface area contributed by atoms with Crippen LogP contribution in [0.25, 0.3) is 5.69 Å². The molecule has 0 aliphatic carbocycles. The van der Waals surface area contributed by atoms with Crippen LogP contribution in [0.3, 0.4) is 0 Å². The topological polar surface area (TPSA) is 59.8 Å². The molecule has 5 nitrogen and oxygen atoms in total. The van der Waals surface area contributed by atoms with E-state index in [4.69, 9.17) is 11.6 Å². The molecule has 1 N–H and O–H groups in total. The lowest BCUT2D eigenvalue weighted by Gasteiger charge is -2.11. The third kappa shape index (κ3) is 3.91. The van der Waals surface area contributed by atoms with Gasteiger partial charge in [-0.05, 0) is 54.4 Å². The summed E-state index contributed by atoms with van der Waals surface area (Å²) in [6.07, 6.45) is 0. The number of hydrogen-bond acceptors (Lipinski definition) is 3. The highest BCUT2D eigenvalue weighted by Crippen LogP contribution is 2.23. The maximum absolute atomic E-state index is 12.7. The van der Waals surface area contributed by atoms with E-state index in [2.05, 4.69) is 31.6 Å². The van der Waals surface area contributed by atoms with Crippen LogP contribution in [-0.2, 0) is 0 Å². The van der Waals surface area contributed by atoms with E-state index < -0.39 is 0 Å². The molecule has 1 heterocycles. The molecule has 0 radical (unpaired) electrons. The van der Waals surface area contributed by atoms with Crippen LogP contribution in [0.5, 0.6) is 0 Å². The summed E-state index contributed by atoms with van der Waals surface area (Å²) in [5.74, 6) is -0.220. The average Bonchev–Trinajstić information content (AvgIpc) is 3.03. The molecule has 0 saturated carbocycles. The molecule has 1 aromatic heterocycles. The van der Waals surface area contributed by atoms with Crippen LogP contribution < -0.4 is 5.32 Å². The zero-order valence-corrected chi connectivity index (χ0v) is 16.0. The van der Waals surface area contributed by atoms with E-state index in [-0.39, 0.29) is 11.8 Å². The number of anilines is 1. The molecule has 3 rings (SSSR count). The van der Waals surface area contributed by atoms with E-state index in [9.17, 15) is 4.79 Å². The zero-order valence-electron chi connectivity index (χ0n) is 13.7. The number of carbonyl (C=O) groups excluding carboxylic acids is 1. The lowest BCUT2D eigenvalue weighted by Crippen LogP contribution is -2.16. The minimum atomic E-state index is -0.286. The van der Waals surface area contributed by atoms with Crippen LogP contribution in [0.4, 0.5) is 5.69 Å². The van der Waals surface area contributed by atoms with Gasteiger partial charge in [0.15, 0.2) is 5.69 Å². The van der Waals surface area contributed by atoms with Crippen LogP contribution in [0, 0.1) is 0 Å². The number of rotatable bonds is 4. The van der Waals surface area contributed by atoms with Crippen molar-refractivity contribution in [1.29, 1.82) is 0 Å². The number of hydrogen-bond donors (Lipinski definition) is 1. The van der Waals surface area contributed by atoms with Crippen LogP contribution in [0.1, 0.15) is 35.9 Å². The third-order valence-electron chi connectivity index (χ3n) is 3.64. The molecule has 7 heteroatoms. The fourth-order valence-electron chi connectivity index (χ4n) is 2.47. The molecule has 0 saturated heterocycles. The average molecular weight is 420 g/mol. The first kappa shape index (κ1) is 17.6. The van der Waals surface area contributed by atoms with E-state index in [0.29, 0.717) is 16.4 Å². The highest BCUT2D eigenvalue weighted by atomic mass is 79.9. The molecule has 128 valence electrons. The molecule has 25 heavy (non-hydrogen) atoms. The molecule has 0 fully saturated rings. The Morgan fingerprint density at radius 1 is 1.12 bits per heavy atom. The summed E-state index contributed by atoms with van der Waals surface area (Å²) in [5, 5.41) is 11.8. The van der Waals surface area contributed by atoms with Crippen molar-refractivity contribution in [2.75, 3.05) is 5.32 Å². The summed E-state index contributed by atoms with van der Waals surface area (Å²) in [7, 11) is 0. The summed E-state index contributed by atoms with van der Waals surface area (Å²) in [4.78, 5) is 12.7. The number of benzene rings is 2. The van der Waals surface area contributed by atoms with Crippen molar-refractivity contribution in [2.45, 2.75) is 19.8 Å². The van der Waals surface area contributed by atoms with Gasteiger partial charge in [0.2, 0.25) is 0 Å². The maximum atomic E-state index is 12.7.